The molecule has 3 aromatic rings. The minimum Gasteiger partial charge on any atom is -0.262 e. The van der Waals surface area contributed by atoms with Crippen molar-refractivity contribution in [2.24, 2.45) is 0 Å². The van der Waals surface area contributed by atoms with Crippen LogP contribution in [0.3, 0.4) is 0 Å². The van der Waals surface area contributed by atoms with Crippen LogP contribution in [0.15, 0.2) is 77.0 Å². The molecule has 0 bridgehead atoms. The van der Waals surface area contributed by atoms with Crippen LogP contribution in [0.4, 0.5) is 11.4 Å². The lowest BCUT2D eigenvalue weighted by Gasteiger charge is -2.00. The highest BCUT2D eigenvalue weighted by atomic mass is 35.7. The van der Waals surface area contributed by atoms with Gasteiger partial charge in [-0.15, -0.1) is 11.8 Å². The van der Waals surface area contributed by atoms with Crippen LogP contribution in [0, 0.1) is 13.1 Å². The second-order valence-corrected chi connectivity index (χ2v) is 8.65. The summed E-state index contributed by atoms with van der Waals surface area (Å²) >= 11 is 1.68. The van der Waals surface area contributed by atoms with Gasteiger partial charge in [0.2, 0.25) is 11.4 Å². The Bertz CT molecular complexity index is 1090. The molecule has 0 amide bonds. The molecule has 1 aromatic carbocycles. The molecule has 2 heterocycles. The first-order chi connectivity index (χ1) is 13.4. The molecular weight excluding hydrogens is 416 g/mol. The molecule has 3 rings (SSSR count). The second kappa shape index (κ2) is 10.4. The Morgan fingerprint density at radius 2 is 1.50 bits per heavy atom. The lowest BCUT2D eigenvalue weighted by atomic mass is 10.2. The van der Waals surface area contributed by atoms with Crippen LogP contribution in [0.5, 0.6) is 0 Å². The van der Waals surface area contributed by atoms with E-state index >= 15 is 0 Å². The number of hydrogen-bond donors (Lipinski definition) is 0. The van der Waals surface area contributed by atoms with Crippen molar-refractivity contribution in [2.75, 3.05) is 0 Å². The minimum absolute atomic E-state index is 0.239. The van der Waals surface area contributed by atoms with Crippen LogP contribution in [0.1, 0.15) is 5.56 Å². The van der Waals surface area contributed by atoms with Crippen molar-refractivity contribution >= 4 is 42.9 Å². The van der Waals surface area contributed by atoms with Gasteiger partial charge < -0.3 is 0 Å². The Morgan fingerprint density at radius 3 is 1.96 bits per heavy atom. The third-order valence-corrected chi connectivity index (χ3v) is 5.41. The van der Waals surface area contributed by atoms with E-state index in [9.17, 15) is 8.42 Å². The van der Waals surface area contributed by atoms with E-state index in [0.717, 1.165) is 17.0 Å². The number of rotatable bonds is 4. The van der Waals surface area contributed by atoms with Gasteiger partial charge in [0.15, 0.2) is 5.03 Å². The van der Waals surface area contributed by atoms with E-state index in [4.69, 9.17) is 23.8 Å². The van der Waals surface area contributed by atoms with Crippen molar-refractivity contribution in [1.29, 1.82) is 0 Å². The van der Waals surface area contributed by atoms with Gasteiger partial charge in [-0.05, 0) is 17.7 Å². The standard InChI is InChI=1S/C13H10N2S.C6H3ClN2O2S/c1-14-12-7-8-13(15-9-12)16-10-11-5-3-2-4-6-11;1-8-5-2-3-6(9-4-5)12(7,10)11/h2-9H,10H2;2-4H. The molecule has 0 spiro atoms. The summed E-state index contributed by atoms with van der Waals surface area (Å²) in [7, 11) is 1.22. The first kappa shape index (κ1) is 21.4. The quantitative estimate of drug-likeness (QED) is 0.312. The fraction of sp³-hybridized carbons (Fsp3) is 0.0526. The van der Waals surface area contributed by atoms with E-state index in [0.29, 0.717) is 5.69 Å². The average Bonchev–Trinajstić information content (AvgIpc) is 2.73. The van der Waals surface area contributed by atoms with Crippen molar-refractivity contribution in [3.05, 3.63) is 95.4 Å². The van der Waals surface area contributed by atoms with Gasteiger partial charge in [-0.3, -0.25) is 9.97 Å². The normalized spacial score (nSPS) is 10.1. The smallest absolute Gasteiger partial charge is 0.262 e. The van der Waals surface area contributed by atoms with Gasteiger partial charge in [0.25, 0.3) is 9.05 Å². The van der Waals surface area contributed by atoms with Crippen LogP contribution in [-0.2, 0) is 14.8 Å². The molecule has 0 unspecified atom stereocenters. The summed E-state index contributed by atoms with van der Waals surface area (Å²) in [6.07, 6.45) is 2.77. The van der Waals surface area contributed by atoms with Crippen LogP contribution < -0.4 is 0 Å². The lowest BCUT2D eigenvalue weighted by Crippen LogP contribution is -1.92. The fourth-order valence-electron chi connectivity index (χ4n) is 1.84. The fourth-order valence-corrected chi connectivity index (χ4v) is 3.32. The van der Waals surface area contributed by atoms with Crippen LogP contribution in [-0.4, -0.2) is 18.4 Å². The molecule has 0 fully saturated rings. The zero-order chi connectivity index (χ0) is 20.4. The van der Waals surface area contributed by atoms with Gasteiger partial charge in [-0.25, -0.2) is 18.1 Å². The van der Waals surface area contributed by atoms with E-state index in [-0.39, 0.29) is 10.7 Å². The Hall–Kier alpha value is -2.91. The van der Waals surface area contributed by atoms with Crippen molar-refractivity contribution in [3.63, 3.8) is 0 Å². The molecule has 0 saturated heterocycles. The predicted molar refractivity (Wildman–Crippen MR) is 110 cm³/mol. The minimum atomic E-state index is -3.77. The number of benzene rings is 1. The van der Waals surface area contributed by atoms with Crippen LogP contribution in [0.2, 0.25) is 0 Å². The number of halogens is 1. The van der Waals surface area contributed by atoms with E-state index in [2.05, 4.69) is 31.8 Å². The van der Waals surface area contributed by atoms with Gasteiger partial charge in [-0.1, -0.05) is 42.5 Å². The molecular formula is C19H13ClN4O2S2. The molecule has 0 aliphatic heterocycles. The number of hydrogen-bond acceptors (Lipinski definition) is 5. The maximum absolute atomic E-state index is 10.7. The molecule has 0 N–H and O–H groups in total. The summed E-state index contributed by atoms with van der Waals surface area (Å²) in [4.78, 5) is 14.1. The first-order valence-electron chi connectivity index (χ1n) is 7.71. The highest BCUT2D eigenvalue weighted by molar-refractivity contribution is 8.13. The summed E-state index contributed by atoms with van der Waals surface area (Å²) in [6, 6.07) is 16.5. The molecule has 9 heteroatoms. The van der Waals surface area contributed by atoms with Gasteiger partial charge in [0.1, 0.15) is 0 Å². The monoisotopic (exact) mass is 428 g/mol. The summed E-state index contributed by atoms with van der Waals surface area (Å²) in [5.41, 5.74) is 2.15. The van der Waals surface area contributed by atoms with Gasteiger partial charge >= 0.3 is 0 Å². The SMILES string of the molecule is [C-]#[N+]c1ccc(S(=O)(=O)Cl)nc1.[C-]#[N+]c1ccc(SCc2ccccc2)nc1. The Kier molecular flexibility index (Phi) is 7.97. The molecule has 0 atom stereocenters. The predicted octanol–water partition coefficient (Wildman–Crippen LogP) is 5.48. The van der Waals surface area contributed by atoms with Crippen LogP contribution in [0.25, 0.3) is 9.69 Å². The van der Waals surface area contributed by atoms with E-state index in [1.165, 1.54) is 17.7 Å². The van der Waals surface area contributed by atoms with E-state index in [1.54, 1.807) is 24.0 Å². The zero-order valence-electron chi connectivity index (χ0n) is 14.4. The Balaban J connectivity index is 0.000000209. The maximum atomic E-state index is 10.7. The highest BCUT2D eigenvalue weighted by Crippen LogP contribution is 2.22. The molecule has 2 aromatic heterocycles. The second-order valence-electron chi connectivity index (χ2n) is 5.14. The van der Waals surface area contributed by atoms with Crippen molar-refractivity contribution in [1.82, 2.24) is 9.97 Å². The van der Waals surface area contributed by atoms with Gasteiger partial charge in [0.05, 0.1) is 18.2 Å². The molecule has 0 aliphatic rings. The summed E-state index contributed by atoms with van der Waals surface area (Å²) in [5, 5.41) is 0.716. The number of thioether (sulfide) groups is 1. The maximum Gasteiger partial charge on any atom is 0.278 e. The number of pyridine rings is 2. The zero-order valence-corrected chi connectivity index (χ0v) is 16.7. The molecule has 0 aliphatic carbocycles. The Morgan fingerprint density at radius 1 is 0.893 bits per heavy atom. The highest BCUT2D eigenvalue weighted by Gasteiger charge is 2.10. The summed E-state index contributed by atoms with van der Waals surface area (Å²) < 4.78 is 21.3. The van der Waals surface area contributed by atoms with Gasteiger partial charge in [0, 0.05) is 28.8 Å². The third kappa shape index (κ3) is 7.01. The third-order valence-electron chi connectivity index (χ3n) is 3.18. The number of aromatic nitrogens is 2. The van der Waals surface area contributed by atoms with Crippen molar-refractivity contribution in [3.8, 4) is 0 Å². The average molecular weight is 429 g/mol. The lowest BCUT2D eigenvalue weighted by molar-refractivity contribution is 0.606. The summed E-state index contributed by atoms with van der Waals surface area (Å²) in [5.74, 6) is 0.908. The largest absolute Gasteiger partial charge is 0.278 e. The van der Waals surface area contributed by atoms with E-state index in [1.807, 2.05) is 24.3 Å². The molecule has 0 saturated carbocycles. The van der Waals surface area contributed by atoms with E-state index < -0.39 is 9.05 Å². The number of nitrogens with zero attached hydrogens (tertiary/aromatic N) is 4. The first-order valence-corrected chi connectivity index (χ1v) is 11.0. The topological polar surface area (TPSA) is 68.6 Å². The summed E-state index contributed by atoms with van der Waals surface area (Å²) in [6.45, 7) is 13.4. The van der Waals surface area contributed by atoms with Crippen LogP contribution >= 0.6 is 22.4 Å². The molecule has 140 valence electrons. The van der Waals surface area contributed by atoms with Crippen molar-refractivity contribution in [2.45, 2.75) is 15.8 Å². The molecule has 0 radical (unpaired) electrons. The molecule has 6 nitrogen and oxygen atoms in total. The van der Waals surface area contributed by atoms with Crippen molar-refractivity contribution < 1.29 is 8.42 Å². The molecule has 28 heavy (non-hydrogen) atoms. The van der Waals surface area contributed by atoms with Gasteiger partial charge in [-0.2, -0.15) is 0 Å². The Labute approximate surface area is 172 Å².